The van der Waals surface area contributed by atoms with Crippen molar-refractivity contribution in [1.82, 2.24) is 4.90 Å². The van der Waals surface area contributed by atoms with Gasteiger partial charge in [-0.3, -0.25) is 4.90 Å². The van der Waals surface area contributed by atoms with Crippen LogP contribution in [0.3, 0.4) is 0 Å². The molecule has 0 aromatic carbocycles. The molecule has 0 saturated carbocycles. The Morgan fingerprint density at radius 3 is 2.65 bits per heavy atom. The molecule has 2 N–H and O–H groups in total. The summed E-state index contributed by atoms with van der Waals surface area (Å²) in [7, 11) is -2.83. The molecule has 102 valence electrons. The van der Waals surface area contributed by atoms with Crippen molar-refractivity contribution in [3.63, 3.8) is 0 Å². The van der Waals surface area contributed by atoms with Gasteiger partial charge in [-0.1, -0.05) is 13.3 Å². The fourth-order valence-electron chi connectivity index (χ4n) is 2.84. The first kappa shape index (κ1) is 14.9. The molecule has 0 bridgehead atoms. The first-order valence-corrected chi connectivity index (χ1v) is 8.65. The average molecular weight is 262 g/mol. The summed E-state index contributed by atoms with van der Waals surface area (Å²) in [5, 5.41) is 0. The SMILES string of the molecule is CCC1CCCN(CCCS(C)(=O)=O)C1CN. The highest BCUT2D eigenvalue weighted by molar-refractivity contribution is 7.90. The molecule has 1 saturated heterocycles. The van der Waals surface area contributed by atoms with Crippen LogP contribution in [0.15, 0.2) is 0 Å². The Morgan fingerprint density at radius 1 is 1.41 bits per heavy atom. The van der Waals surface area contributed by atoms with Crippen LogP contribution in [0.4, 0.5) is 0 Å². The van der Waals surface area contributed by atoms with Crippen molar-refractivity contribution in [3.05, 3.63) is 0 Å². The monoisotopic (exact) mass is 262 g/mol. The molecule has 1 aliphatic rings. The molecular formula is C12H26N2O2S. The summed E-state index contributed by atoms with van der Waals surface area (Å²) in [5.74, 6) is 0.976. The maximum absolute atomic E-state index is 11.1. The summed E-state index contributed by atoms with van der Waals surface area (Å²) in [6, 6.07) is 0.452. The Balaban J connectivity index is 2.45. The second-order valence-corrected chi connectivity index (χ2v) is 7.39. The summed E-state index contributed by atoms with van der Waals surface area (Å²) in [6.07, 6.45) is 5.68. The molecular weight excluding hydrogens is 236 g/mol. The van der Waals surface area contributed by atoms with E-state index in [4.69, 9.17) is 5.73 Å². The van der Waals surface area contributed by atoms with Crippen molar-refractivity contribution in [2.24, 2.45) is 11.7 Å². The Morgan fingerprint density at radius 2 is 2.12 bits per heavy atom. The van der Waals surface area contributed by atoms with Crippen molar-refractivity contribution in [2.75, 3.05) is 31.6 Å². The minimum absolute atomic E-state index is 0.289. The predicted octanol–water partition coefficient (Wildman–Crippen LogP) is 0.870. The maximum atomic E-state index is 11.1. The maximum Gasteiger partial charge on any atom is 0.147 e. The molecule has 0 spiro atoms. The molecule has 0 radical (unpaired) electrons. The molecule has 0 aromatic rings. The van der Waals surface area contributed by atoms with Gasteiger partial charge in [0.15, 0.2) is 0 Å². The van der Waals surface area contributed by atoms with Gasteiger partial charge in [0.25, 0.3) is 0 Å². The standard InChI is InChI=1S/C12H26N2O2S/c1-3-11-6-4-7-14(12(11)10-13)8-5-9-17(2,15)16/h11-12H,3-10,13H2,1-2H3. The highest BCUT2D eigenvalue weighted by atomic mass is 32.2. The Bertz CT molecular complexity index is 316. The van der Waals surface area contributed by atoms with Gasteiger partial charge >= 0.3 is 0 Å². The zero-order valence-corrected chi connectivity index (χ0v) is 11.9. The Labute approximate surface area is 105 Å². The smallest absolute Gasteiger partial charge is 0.147 e. The van der Waals surface area contributed by atoms with Gasteiger partial charge in [-0.05, 0) is 38.3 Å². The van der Waals surface area contributed by atoms with Crippen molar-refractivity contribution in [2.45, 2.75) is 38.6 Å². The van der Waals surface area contributed by atoms with Gasteiger partial charge in [-0.25, -0.2) is 8.42 Å². The van der Waals surface area contributed by atoms with Gasteiger partial charge in [0.2, 0.25) is 0 Å². The van der Waals surface area contributed by atoms with E-state index < -0.39 is 9.84 Å². The van der Waals surface area contributed by atoms with Crippen molar-refractivity contribution in [1.29, 1.82) is 0 Å². The highest BCUT2D eigenvalue weighted by Crippen LogP contribution is 2.25. The molecule has 2 unspecified atom stereocenters. The van der Waals surface area contributed by atoms with Crippen LogP contribution < -0.4 is 5.73 Å². The van der Waals surface area contributed by atoms with Gasteiger partial charge in [0.05, 0.1) is 5.75 Å². The number of rotatable bonds is 6. The first-order valence-electron chi connectivity index (χ1n) is 6.59. The molecule has 1 rings (SSSR count). The molecule has 17 heavy (non-hydrogen) atoms. The van der Waals surface area contributed by atoms with Crippen molar-refractivity contribution < 1.29 is 8.42 Å². The topological polar surface area (TPSA) is 63.4 Å². The molecule has 1 aliphatic heterocycles. The highest BCUT2D eigenvalue weighted by Gasteiger charge is 2.28. The normalized spacial score (nSPS) is 27.2. The van der Waals surface area contributed by atoms with Gasteiger partial charge in [-0.2, -0.15) is 0 Å². The molecule has 0 aromatic heterocycles. The van der Waals surface area contributed by atoms with Crippen LogP contribution in [0.5, 0.6) is 0 Å². The third-order valence-electron chi connectivity index (χ3n) is 3.76. The van der Waals surface area contributed by atoms with Crippen molar-refractivity contribution in [3.8, 4) is 0 Å². The third kappa shape index (κ3) is 4.94. The van der Waals surface area contributed by atoms with Crippen LogP contribution >= 0.6 is 0 Å². The van der Waals surface area contributed by atoms with Crippen LogP contribution in [0.1, 0.15) is 32.6 Å². The molecule has 0 aliphatic carbocycles. The second kappa shape index (κ2) is 6.71. The molecule has 4 nitrogen and oxygen atoms in total. The van der Waals surface area contributed by atoms with Gasteiger partial charge in [0.1, 0.15) is 9.84 Å². The van der Waals surface area contributed by atoms with E-state index in [1.54, 1.807) is 0 Å². The number of likely N-dealkylation sites (tertiary alicyclic amines) is 1. The number of sulfone groups is 1. The minimum Gasteiger partial charge on any atom is -0.329 e. The van der Waals surface area contributed by atoms with Crippen LogP contribution in [-0.2, 0) is 9.84 Å². The summed E-state index contributed by atoms with van der Waals surface area (Å²) >= 11 is 0. The van der Waals surface area contributed by atoms with Crippen LogP contribution in [0.25, 0.3) is 0 Å². The minimum atomic E-state index is -2.83. The third-order valence-corrected chi connectivity index (χ3v) is 4.79. The fraction of sp³-hybridized carbons (Fsp3) is 1.00. The zero-order chi connectivity index (χ0) is 12.9. The number of nitrogens with zero attached hydrogens (tertiary/aromatic N) is 1. The van der Waals surface area contributed by atoms with Gasteiger partial charge in [0, 0.05) is 18.8 Å². The van der Waals surface area contributed by atoms with E-state index in [2.05, 4.69) is 11.8 Å². The predicted molar refractivity (Wildman–Crippen MR) is 71.8 cm³/mol. The summed E-state index contributed by atoms with van der Waals surface area (Å²) < 4.78 is 22.2. The molecule has 5 heteroatoms. The van der Waals surface area contributed by atoms with E-state index in [-0.39, 0.29) is 5.75 Å². The van der Waals surface area contributed by atoms with Gasteiger partial charge < -0.3 is 5.73 Å². The largest absolute Gasteiger partial charge is 0.329 e. The van der Waals surface area contributed by atoms with E-state index in [0.717, 1.165) is 19.5 Å². The number of nitrogens with two attached hydrogens (primary N) is 1. The van der Waals surface area contributed by atoms with E-state index in [1.165, 1.54) is 25.5 Å². The summed E-state index contributed by atoms with van der Waals surface area (Å²) in [4.78, 5) is 2.39. The Kier molecular flexibility index (Phi) is 5.89. The summed E-state index contributed by atoms with van der Waals surface area (Å²) in [6.45, 7) is 4.85. The molecule has 2 atom stereocenters. The van der Waals surface area contributed by atoms with E-state index in [0.29, 0.717) is 18.5 Å². The van der Waals surface area contributed by atoms with E-state index in [9.17, 15) is 8.42 Å². The lowest BCUT2D eigenvalue weighted by Gasteiger charge is -2.40. The second-order valence-electron chi connectivity index (χ2n) is 5.13. The fourth-order valence-corrected chi connectivity index (χ4v) is 3.49. The molecule has 1 fully saturated rings. The van der Waals surface area contributed by atoms with Crippen LogP contribution in [-0.4, -0.2) is 51.0 Å². The number of hydrogen-bond donors (Lipinski definition) is 1. The quantitative estimate of drug-likeness (QED) is 0.771. The first-order chi connectivity index (χ1) is 7.98. The zero-order valence-electron chi connectivity index (χ0n) is 11.1. The lowest BCUT2D eigenvalue weighted by atomic mass is 9.87. The van der Waals surface area contributed by atoms with Crippen LogP contribution in [0.2, 0.25) is 0 Å². The van der Waals surface area contributed by atoms with Gasteiger partial charge in [-0.15, -0.1) is 0 Å². The molecule has 0 amide bonds. The van der Waals surface area contributed by atoms with Crippen molar-refractivity contribution >= 4 is 9.84 Å². The summed E-state index contributed by atoms with van der Waals surface area (Å²) in [5.41, 5.74) is 5.86. The lowest BCUT2D eigenvalue weighted by molar-refractivity contribution is 0.0957. The Hall–Kier alpha value is -0.130. The van der Waals surface area contributed by atoms with E-state index >= 15 is 0 Å². The molecule has 1 heterocycles. The van der Waals surface area contributed by atoms with E-state index in [1.807, 2.05) is 0 Å². The number of hydrogen-bond acceptors (Lipinski definition) is 4. The lowest BCUT2D eigenvalue weighted by Crippen LogP contribution is -2.49. The average Bonchev–Trinajstić information content (AvgIpc) is 2.27. The number of piperidine rings is 1. The van der Waals surface area contributed by atoms with Crippen LogP contribution in [0, 0.1) is 5.92 Å².